The minimum absolute atomic E-state index is 0.251. The van der Waals surface area contributed by atoms with E-state index in [9.17, 15) is 4.79 Å². The van der Waals surface area contributed by atoms with Crippen molar-refractivity contribution in [3.63, 3.8) is 0 Å². The summed E-state index contributed by atoms with van der Waals surface area (Å²) in [5, 5.41) is 3.23. The van der Waals surface area contributed by atoms with Crippen molar-refractivity contribution in [1.82, 2.24) is 9.97 Å². The molecule has 1 heterocycles. The van der Waals surface area contributed by atoms with E-state index in [0.717, 1.165) is 6.54 Å². The van der Waals surface area contributed by atoms with E-state index in [1.54, 1.807) is 0 Å². The number of H-pyrrole nitrogens is 1. The van der Waals surface area contributed by atoms with Gasteiger partial charge in [0.2, 0.25) is 5.75 Å². The van der Waals surface area contributed by atoms with E-state index >= 15 is 0 Å². The number of nitrogens with one attached hydrogen (secondary N) is 2. The summed E-state index contributed by atoms with van der Waals surface area (Å²) in [5.41, 5.74) is 0.120. The Bertz CT molecular complexity index is 449. The summed E-state index contributed by atoms with van der Waals surface area (Å²) < 4.78 is 5.05. The molecular weight excluding hydrogens is 218 g/mol. The van der Waals surface area contributed by atoms with Crippen LogP contribution in [0, 0.1) is 11.3 Å². The minimum atomic E-state index is -0.251. The number of anilines is 1. The van der Waals surface area contributed by atoms with Crippen LogP contribution in [-0.2, 0) is 0 Å². The molecule has 1 aromatic heterocycles. The Balaban J connectivity index is 2.10. The van der Waals surface area contributed by atoms with Crippen molar-refractivity contribution < 1.29 is 4.74 Å². The maximum absolute atomic E-state index is 11.5. The van der Waals surface area contributed by atoms with E-state index in [1.807, 2.05) is 0 Å². The SMILES string of the molecule is COc1c(NCC2(C(C)C)CC2)nc[nH]c1=O. The van der Waals surface area contributed by atoms with E-state index in [-0.39, 0.29) is 11.3 Å². The molecule has 2 N–H and O–H groups in total. The second-order valence-electron chi connectivity index (χ2n) is 4.98. The van der Waals surface area contributed by atoms with Crippen LogP contribution in [0.2, 0.25) is 0 Å². The molecule has 0 spiro atoms. The fraction of sp³-hybridized carbons (Fsp3) is 0.667. The molecular formula is C12H19N3O2. The van der Waals surface area contributed by atoms with Crippen LogP contribution < -0.4 is 15.6 Å². The molecule has 0 saturated heterocycles. The highest BCUT2D eigenvalue weighted by atomic mass is 16.5. The molecule has 1 aliphatic rings. The number of aromatic nitrogens is 2. The lowest BCUT2D eigenvalue weighted by atomic mass is 9.92. The summed E-state index contributed by atoms with van der Waals surface area (Å²) >= 11 is 0. The van der Waals surface area contributed by atoms with Crippen LogP contribution in [0.5, 0.6) is 5.75 Å². The summed E-state index contributed by atoms with van der Waals surface area (Å²) in [5.74, 6) is 1.43. The average Bonchev–Trinajstić information content (AvgIpc) is 3.07. The minimum Gasteiger partial charge on any atom is -0.489 e. The third-order valence-corrected chi connectivity index (χ3v) is 3.74. The Hall–Kier alpha value is -1.52. The highest BCUT2D eigenvalue weighted by Crippen LogP contribution is 2.51. The quantitative estimate of drug-likeness (QED) is 0.816. The molecule has 0 bridgehead atoms. The Morgan fingerprint density at radius 1 is 1.59 bits per heavy atom. The number of hydrogen-bond donors (Lipinski definition) is 2. The molecule has 0 aromatic carbocycles. The number of nitrogens with zero attached hydrogens (tertiary/aromatic N) is 1. The standard InChI is InChI=1S/C12H19N3O2/c1-8(2)12(4-5-12)6-13-10-9(17-3)11(16)15-7-14-10/h7-8H,4-6H2,1-3H3,(H2,13,14,15,16). The van der Waals surface area contributed by atoms with Gasteiger partial charge in [0.25, 0.3) is 5.56 Å². The molecule has 0 atom stereocenters. The molecule has 1 aliphatic carbocycles. The second-order valence-corrected chi connectivity index (χ2v) is 4.98. The van der Waals surface area contributed by atoms with Gasteiger partial charge in [-0.2, -0.15) is 0 Å². The Morgan fingerprint density at radius 2 is 2.29 bits per heavy atom. The van der Waals surface area contributed by atoms with Crippen LogP contribution in [0.4, 0.5) is 5.82 Å². The van der Waals surface area contributed by atoms with Crippen LogP contribution in [-0.4, -0.2) is 23.6 Å². The summed E-state index contributed by atoms with van der Waals surface area (Å²) in [4.78, 5) is 18.1. The van der Waals surface area contributed by atoms with E-state index in [4.69, 9.17) is 4.74 Å². The normalized spacial score (nSPS) is 16.9. The van der Waals surface area contributed by atoms with Crippen molar-refractivity contribution in [3.8, 4) is 5.75 Å². The molecule has 0 aliphatic heterocycles. The van der Waals surface area contributed by atoms with E-state index in [2.05, 4.69) is 29.1 Å². The van der Waals surface area contributed by atoms with Crippen molar-refractivity contribution in [2.24, 2.45) is 11.3 Å². The van der Waals surface area contributed by atoms with Gasteiger partial charge in [-0.25, -0.2) is 4.98 Å². The molecule has 0 radical (unpaired) electrons. The fourth-order valence-electron chi connectivity index (χ4n) is 2.08. The molecule has 5 nitrogen and oxygen atoms in total. The number of ether oxygens (including phenoxy) is 1. The molecule has 0 amide bonds. The third-order valence-electron chi connectivity index (χ3n) is 3.74. The molecule has 0 unspecified atom stereocenters. The number of aromatic amines is 1. The summed E-state index contributed by atoms with van der Waals surface area (Å²) in [6, 6.07) is 0. The fourth-order valence-corrected chi connectivity index (χ4v) is 2.08. The molecule has 2 rings (SSSR count). The predicted molar refractivity (Wildman–Crippen MR) is 66.4 cm³/mol. The zero-order valence-electron chi connectivity index (χ0n) is 10.5. The zero-order valence-corrected chi connectivity index (χ0v) is 10.5. The molecule has 1 fully saturated rings. The first kappa shape index (κ1) is 12.0. The van der Waals surface area contributed by atoms with Gasteiger partial charge in [-0.15, -0.1) is 0 Å². The van der Waals surface area contributed by atoms with Crippen molar-refractivity contribution in [2.75, 3.05) is 19.0 Å². The predicted octanol–water partition coefficient (Wildman–Crippen LogP) is 1.63. The van der Waals surface area contributed by atoms with Gasteiger partial charge in [-0.3, -0.25) is 4.79 Å². The number of hydrogen-bond acceptors (Lipinski definition) is 4. The summed E-state index contributed by atoms with van der Waals surface area (Å²) in [6.07, 6.45) is 3.87. The first-order valence-electron chi connectivity index (χ1n) is 5.94. The van der Waals surface area contributed by atoms with E-state index in [1.165, 1.54) is 26.3 Å². The van der Waals surface area contributed by atoms with Crippen LogP contribution >= 0.6 is 0 Å². The van der Waals surface area contributed by atoms with Gasteiger partial charge in [-0.1, -0.05) is 13.8 Å². The van der Waals surface area contributed by atoms with Gasteiger partial charge in [0.1, 0.15) is 0 Å². The third kappa shape index (κ3) is 2.28. The number of methoxy groups -OCH3 is 1. The highest BCUT2D eigenvalue weighted by molar-refractivity contribution is 5.48. The molecule has 1 aromatic rings. The van der Waals surface area contributed by atoms with Gasteiger partial charge in [0.15, 0.2) is 5.82 Å². The topological polar surface area (TPSA) is 67.0 Å². The van der Waals surface area contributed by atoms with Gasteiger partial charge in [0.05, 0.1) is 13.4 Å². The summed E-state index contributed by atoms with van der Waals surface area (Å²) in [7, 11) is 1.48. The first-order chi connectivity index (χ1) is 8.09. The second kappa shape index (κ2) is 4.39. The van der Waals surface area contributed by atoms with Gasteiger partial charge in [-0.05, 0) is 24.2 Å². The molecule has 5 heteroatoms. The lowest BCUT2D eigenvalue weighted by Crippen LogP contribution is -2.23. The van der Waals surface area contributed by atoms with Gasteiger partial charge < -0.3 is 15.0 Å². The van der Waals surface area contributed by atoms with E-state index in [0.29, 0.717) is 17.2 Å². The van der Waals surface area contributed by atoms with Crippen molar-refractivity contribution >= 4 is 5.82 Å². The Kier molecular flexibility index (Phi) is 3.09. The molecule has 17 heavy (non-hydrogen) atoms. The Labute approximate surface area is 101 Å². The maximum Gasteiger partial charge on any atom is 0.295 e. The Morgan fingerprint density at radius 3 is 2.82 bits per heavy atom. The summed E-state index contributed by atoms with van der Waals surface area (Å²) in [6.45, 7) is 5.31. The largest absolute Gasteiger partial charge is 0.489 e. The number of rotatable bonds is 5. The smallest absolute Gasteiger partial charge is 0.295 e. The zero-order chi connectivity index (χ0) is 12.5. The van der Waals surface area contributed by atoms with E-state index < -0.39 is 0 Å². The highest BCUT2D eigenvalue weighted by Gasteiger charge is 2.45. The van der Waals surface area contributed by atoms with Gasteiger partial charge >= 0.3 is 0 Å². The lowest BCUT2D eigenvalue weighted by Gasteiger charge is -2.20. The van der Waals surface area contributed by atoms with Crippen LogP contribution in [0.15, 0.2) is 11.1 Å². The first-order valence-corrected chi connectivity index (χ1v) is 5.94. The van der Waals surface area contributed by atoms with Crippen LogP contribution in [0.3, 0.4) is 0 Å². The van der Waals surface area contributed by atoms with Gasteiger partial charge in [0, 0.05) is 6.54 Å². The van der Waals surface area contributed by atoms with Crippen LogP contribution in [0.1, 0.15) is 26.7 Å². The monoisotopic (exact) mass is 237 g/mol. The van der Waals surface area contributed by atoms with Crippen LogP contribution in [0.25, 0.3) is 0 Å². The molecule has 1 saturated carbocycles. The maximum atomic E-state index is 11.5. The molecule has 94 valence electrons. The lowest BCUT2D eigenvalue weighted by molar-refractivity contribution is 0.376. The van der Waals surface area contributed by atoms with Crippen molar-refractivity contribution in [2.45, 2.75) is 26.7 Å². The average molecular weight is 237 g/mol. The van der Waals surface area contributed by atoms with Crippen molar-refractivity contribution in [3.05, 3.63) is 16.7 Å². The van der Waals surface area contributed by atoms with Crippen molar-refractivity contribution in [1.29, 1.82) is 0 Å².